The van der Waals surface area contributed by atoms with Gasteiger partial charge in [-0.1, -0.05) is 0 Å². The SMILES string of the molecule is Cc1ncc(-c2cccnc2)[nH]1.Cl.Cl. The zero-order valence-electron chi connectivity index (χ0n) is 7.60. The molecule has 5 heteroatoms. The van der Waals surface area contributed by atoms with Crippen molar-refractivity contribution in [3.8, 4) is 11.3 Å². The van der Waals surface area contributed by atoms with Crippen LogP contribution >= 0.6 is 24.8 Å². The molecule has 0 aliphatic carbocycles. The number of H-pyrrole nitrogens is 1. The molecule has 0 radical (unpaired) electrons. The fourth-order valence-electron chi connectivity index (χ4n) is 1.09. The predicted molar refractivity (Wildman–Crippen MR) is 61.1 cm³/mol. The summed E-state index contributed by atoms with van der Waals surface area (Å²) >= 11 is 0. The van der Waals surface area contributed by atoms with Gasteiger partial charge in [-0.3, -0.25) is 4.98 Å². The highest BCUT2D eigenvalue weighted by atomic mass is 35.5. The van der Waals surface area contributed by atoms with Crippen LogP contribution in [0.4, 0.5) is 0 Å². The Balaban J connectivity index is 0.000000845. The molecular formula is C9H11Cl2N3. The number of aryl methyl sites for hydroxylation is 1. The summed E-state index contributed by atoms with van der Waals surface area (Å²) in [7, 11) is 0. The second-order valence-corrected chi connectivity index (χ2v) is 2.62. The van der Waals surface area contributed by atoms with E-state index >= 15 is 0 Å². The van der Waals surface area contributed by atoms with Crippen LogP contribution in [0.25, 0.3) is 11.3 Å². The average Bonchev–Trinajstić information content (AvgIpc) is 2.54. The first-order chi connectivity index (χ1) is 5.86. The lowest BCUT2D eigenvalue weighted by atomic mass is 10.2. The lowest BCUT2D eigenvalue weighted by molar-refractivity contribution is 1.15. The van der Waals surface area contributed by atoms with Crippen molar-refractivity contribution in [1.82, 2.24) is 15.0 Å². The third kappa shape index (κ3) is 2.72. The second kappa shape index (κ2) is 5.62. The van der Waals surface area contributed by atoms with E-state index in [9.17, 15) is 0 Å². The van der Waals surface area contributed by atoms with Gasteiger partial charge < -0.3 is 4.98 Å². The van der Waals surface area contributed by atoms with Crippen molar-refractivity contribution in [2.24, 2.45) is 0 Å². The maximum absolute atomic E-state index is 4.11. The van der Waals surface area contributed by atoms with E-state index in [1.165, 1.54) is 0 Å². The number of aromatic amines is 1. The molecule has 0 spiro atoms. The van der Waals surface area contributed by atoms with Crippen LogP contribution in [0.1, 0.15) is 5.82 Å². The van der Waals surface area contributed by atoms with Crippen molar-refractivity contribution in [2.45, 2.75) is 6.92 Å². The largest absolute Gasteiger partial charge is 0.342 e. The number of rotatable bonds is 1. The molecule has 0 aliphatic rings. The summed E-state index contributed by atoms with van der Waals surface area (Å²) in [5.41, 5.74) is 2.08. The predicted octanol–water partition coefficient (Wildman–Crippen LogP) is 2.62. The molecule has 0 aliphatic heterocycles. The third-order valence-electron chi connectivity index (χ3n) is 1.68. The summed E-state index contributed by atoms with van der Waals surface area (Å²) < 4.78 is 0. The molecule has 0 saturated heterocycles. The molecule has 2 rings (SSSR count). The molecule has 2 heterocycles. The van der Waals surface area contributed by atoms with Gasteiger partial charge in [-0.05, 0) is 19.1 Å². The lowest BCUT2D eigenvalue weighted by Gasteiger charge is -1.93. The van der Waals surface area contributed by atoms with Gasteiger partial charge in [0.2, 0.25) is 0 Å². The highest BCUT2D eigenvalue weighted by Crippen LogP contribution is 2.13. The van der Waals surface area contributed by atoms with Crippen LogP contribution in [-0.4, -0.2) is 15.0 Å². The Bertz CT molecular complexity index is 373. The number of hydrogen-bond acceptors (Lipinski definition) is 2. The van der Waals surface area contributed by atoms with E-state index in [4.69, 9.17) is 0 Å². The Morgan fingerprint density at radius 2 is 2.00 bits per heavy atom. The summed E-state index contributed by atoms with van der Waals surface area (Å²) in [5, 5.41) is 0. The molecule has 0 aromatic carbocycles. The number of nitrogens with zero attached hydrogens (tertiary/aromatic N) is 2. The van der Waals surface area contributed by atoms with Crippen LogP contribution in [0.3, 0.4) is 0 Å². The third-order valence-corrected chi connectivity index (χ3v) is 1.68. The quantitative estimate of drug-likeness (QED) is 0.821. The summed E-state index contributed by atoms with van der Waals surface area (Å²) in [4.78, 5) is 11.3. The first kappa shape index (κ1) is 12.9. The van der Waals surface area contributed by atoms with Crippen LogP contribution in [-0.2, 0) is 0 Å². The maximum atomic E-state index is 4.11. The molecule has 0 saturated carbocycles. The first-order valence-corrected chi connectivity index (χ1v) is 3.78. The fourth-order valence-corrected chi connectivity index (χ4v) is 1.09. The van der Waals surface area contributed by atoms with E-state index in [2.05, 4.69) is 15.0 Å². The zero-order chi connectivity index (χ0) is 8.39. The summed E-state index contributed by atoms with van der Waals surface area (Å²) in [5.74, 6) is 0.925. The molecule has 0 unspecified atom stereocenters. The monoisotopic (exact) mass is 231 g/mol. The van der Waals surface area contributed by atoms with E-state index in [0.717, 1.165) is 17.1 Å². The Hall–Kier alpha value is -1.06. The summed E-state index contributed by atoms with van der Waals surface area (Å²) in [6.07, 6.45) is 5.38. The Kier molecular flexibility index (Phi) is 5.20. The molecule has 0 amide bonds. The van der Waals surface area contributed by atoms with Crippen LogP contribution in [0, 0.1) is 6.92 Å². The number of aromatic nitrogens is 3. The summed E-state index contributed by atoms with van der Waals surface area (Å²) in [6, 6.07) is 3.91. The molecule has 2 aromatic rings. The van der Waals surface area contributed by atoms with Crippen LogP contribution in [0.2, 0.25) is 0 Å². The van der Waals surface area contributed by atoms with Gasteiger partial charge in [0.25, 0.3) is 0 Å². The van der Waals surface area contributed by atoms with Crippen LogP contribution in [0.5, 0.6) is 0 Å². The van der Waals surface area contributed by atoms with Gasteiger partial charge in [0.15, 0.2) is 0 Å². The smallest absolute Gasteiger partial charge is 0.103 e. The minimum Gasteiger partial charge on any atom is -0.342 e. The normalized spacial score (nSPS) is 8.64. The van der Waals surface area contributed by atoms with Crippen LogP contribution < -0.4 is 0 Å². The van der Waals surface area contributed by atoms with Crippen molar-refractivity contribution >= 4 is 24.8 Å². The van der Waals surface area contributed by atoms with Crippen molar-refractivity contribution < 1.29 is 0 Å². The molecule has 0 bridgehead atoms. The van der Waals surface area contributed by atoms with Crippen molar-refractivity contribution in [3.63, 3.8) is 0 Å². The maximum Gasteiger partial charge on any atom is 0.103 e. The fraction of sp³-hybridized carbons (Fsp3) is 0.111. The zero-order valence-corrected chi connectivity index (χ0v) is 9.23. The van der Waals surface area contributed by atoms with E-state index in [1.807, 2.05) is 31.5 Å². The topological polar surface area (TPSA) is 41.6 Å². The molecule has 3 nitrogen and oxygen atoms in total. The second-order valence-electron chi connectivity index (χ2n) is 2.62. The van der Waals surface area contributed by atoms with Gasteiger partial charge >= 0.3 is 0 Å². The van der Waals surface area contributed by atoms with Gasteiger partial charge in [-0.15, -0.1) is 24.8 Å². The Morgan fingerprint density at radius 3 is 2.50 bits per heavy atom. The molecular weight excluding hydrogens is 221 g/mol. The first-order valence-electron chi connectivity index (χ1n) is 3.78. The molecule has 0 atom stereocenters. The highest BCUT2D eigenvalue weighted by molar-refractivity contribution is 5.85. The molecule has 1 N–H and O–H groups in total. The van der Waals surface area contributed by atoms with E-state index < -0.39 is 0 Å². The van der Waals surface area contributed by atoms with Crippen molar-refractivity contribution in [1.29, 1.82) is 0 Å². The lowest BCUT2D eigenvalue weighted by Crippen LogP contribution is -1.78. The number of imidazole rings is 1. The number of halogens is 2. The Labute approximate surface area is 94.8 Å². The average molecular weight is 232 g/mol. The Morgan fingerprint density at radius 1 is 1.21 bits per heavy atom. The van der Waals surface area contributed by atoms with Gasteiger partial charge in [-0.25, -0.2) is 4.98 Å². The number of nitrogens with one attached hydrogen (secondary N) is 1. The van der Waals surface area contributed by atoms with E-state index in [-0.39, 0.29) is 24.8 Å². The standard InChI is InChI=1S/C9H9N3.2ClH/c1-7-11-6-9(12-7)8-3-2-4-10-5-8;;/h2-6H,1H3,(H,11,12);2*1H. The molecule has 76 valence electrons. The minimum absolute atomic E-state index is 0. The molecule has 14 heavy (non-hydrogen) atoms. The van der Waals surface area contributed by atoms with Gasteiger partial charge in [-0.2, -0.15) is 0 Å². The van der Waals surface area contributed by atoms with E-state index in [0.29, 0.717) is 0 Å². The van der Waals surface area contributed by atoms with Gasteiger partial charge in [0.1, 0.15) is 5.82 Å². The van der Waals surface area contributed by atoms with Gasteiger partial charge in [0, 0.05) is 18.0 Å². The summed E-state index contributed by atoms with van der Waals surface area (Å²) in [6.45, 7) is 1.93. The van der Waals surface area contributed by atoms with Gasteiger partial charge in [0.05, 0.1) is 11.9 Å². The molecule has 2 aromatic heterocycles. The van der Waals surface area contributed by atoms with E-state index in [1.54, 1.807) is 6.20 Å². The molecule has 0 fully saturated rings. The van der Waals surface area contributed by atoms with Crippen molar-refractivity contribution in [2.75, 3.05) is 0 Å². The van der Waals surface area contributed by atoms with Crippen molar-refractivity contribution in [3.05, 3.63) is 36.5 Å². The number of hydrogen-bond donors (Lipinski definition) is 1. The highest BCUT2D eigenvalue weighted by Gasteiger charge is 1.98. The minimum atomic E-state index is 0. The van der Waals surface area contributed by atoms with Crippen LogP contribution in [0.15, 0.2) is 30.7 Å². The number of pyridine rings is 1.